The molecule has 0 aliphatic heterocycles. The zero-order chi connectivity index (χ0) is 19.4. The maximum absolute atomic E-state index is 12.6. The van der Waals surface area contributed by atoms with Crippen LogP contribution in [-0.2, 0) is 0 Å². The van der Waals surface area contributed by atoms with Crippen molar-refractivity contribution in [2.24, 2.45) is 0 Å². The van der Waals surface area contributed by atoms with E-state index in [0.29, 0.717) is 52.7 Å². The maximum Gasteiger partial charge on any atom is 0.347 e. The van der Waals surface area contributed by atoms with Crippen molar-refractivity contribution in [2.75, 3.05) is 27.4 Å². The quantitative estimate of drug-likeness (QED) is 0.627. The van der Waals surface area contributed by atoms with Crippen LogP contribution in [0.25, 0.3) is 22.4 Å². The van der Waals surface area contributed by atoms with E-state index in [9.17, 15) is 4.79 Å². The molecule has 1 aromatic heterocycles. The summed E-state index contributed by atoms with van der Waals surface area (Å²) in [4.78, 5) is 17.0. The molecule has 0 atom stereocenters. The fraction of sp³-hybridized carbons (Fsp3) is 0.300. The summed E-state index contributed by atoms with van der Waals surface area (Å²) in [6, 6.07) is 8.45. The molecule has 0 amide bonds. The highest BCUT2D eigenvalue weighted by molar-refractivity contribution is 5.83. The third kappa shape index (κ3) is 3.67. The number of benzene rings is 2. The number of rotatable bonds is 7. The van der Waals surface area contributed by atoms with Gasteiger partial charge in [-0.1, -0.05) is 0 Å². The minimum absolute atomic E-state index is 0.151. The molecule has 0 aliphatic carbocycles. The largest absolute Gasteiger partial charge is 0.497 e. The van der Waals surface area contributed by atoms with Gasteiger partial charge in [0.25, 0.3) is 0 Å². The van der Waals surface area contributed by atoms with Crippen LogP contribution in [0.15, 0.2) is 39.5 Å². The molecule has 0 saturated carbocycles. The van der Waals surface area contributed by atoms with Crippen LogP contribution < -0.4 is 24.6 Å². The SMILES string of the molecule is CCOc1cc2nc(-c3ccc(OC)cc3OC)oc(=O)c2cc1OCC. The van der Waals surface area contributed by atoms with Crippen LogP contribution in [0.4, 0.5) is 0 Å². The summed E-state index contributed by atoms with van der Waals surface area (Å²) in [5, 5.41) is 0.318. The van der Waals surface area contributed by atoms with Crippen molar-refractivity contribution in [3.8, 4) is 34.5 Å². The van der Waals surface area contributed by atoms with E-state index in [2.05, 4.69) is 4.98 Å². The summed E-state index contributed by atoms with van der Waals surface area (Å²) in [5.74, 6) is 2.27. The summed E-state index contributed by atoms with van der Waals surface area (Å²) in [6.07, 6.45) is 0. The highest BCUT2D eigenvalue weighted by Crippen LogP contribution is 2.35. The first-order valence-electron chi connectivity index (χ1n) is 8.58. The van der Waals surface area contributed by atoms with Gasteiger partial charge in [0.05, 0.1) is 43.9 Å². The van der Waals surface area contributed by atoms with Gasteiger partial charge in [0.2, 0.25) is 5.89 Å². The Morgan fingerprint density at radius 1 is 0.926 bits per heavy atom. The summed E-state index contributed by atoms with van der Waals surface area (Å²) in [6.45, 7) is 4.65. The van der Waals surface area contributed by atoms with Crippen molar-refractivity contribution in [2.45, 2.75) is 13.8 Å². The molecular weight excluding hydrogens is 350 g/mol. The van der Waals surface area contributed by atoms with Gasteiger partial charge in [-0.2, -0.15) is 0 Å². The predicted octanol–water partition coefficient (Wildman–Crippen LogP) is 3.67. The molecule has 1 heterocycles. The van der Waals surface area contributed by atoms with E-state index in [-0.39, 0.29) is 5.89 Å². The normalized spacial score (nSPS) is 10.7. The molecule has 0 N–H and O–H groups in total. The summed E-state index contributed by atoms with van der Waals surface area (Å²) in [7, 11) is 3.09. The van der Waals surface area contributed by atoms with Crippen LogP contribution in [0, 0.1) is 0 Å². The molecule has 27 heavy (non-hydrogen) atoms. The van der Waals surface area contributed by atoms with E-state index in [0.717, 1.165) is 0 Å². The minimum atomic E-state index is -0.517. The predicted molar refractivity (Wildman–Crippen MR) is 101 cm³/mol. The number of fused-ring (bicyclic) bond motifs is 1. The molecule has 0 saturated heterocycles. The van der Waals surface area contributed by atoms with E-state index < -0.39 is 5.63 Å². The van der Waals surface area contributed by atoms with Crippen molar-refractivity contribution in [3.05, 3.63) is 40.8 Å². The Balaban J connectivity index is 2.19. The standard InChI is InChI=1S/C20H21NO6/c1-5-25-17-10-14-15(11-18(17)26-6-2)21-19(27-20(14)22)13-8-7-12(23-3)9-16(13)24-4/h7-11H,5-6H2,1-4H3. The Bertz CT molecular complexity index is 1010. The van der Waals surface area contributed by atoms with Crippen molar-refractivity contribution >= 4 is 10.9 Å². The van der Waals surface area contributed by atoms with Crippen LogP contribution >= 0.6 is 0 Å². The first kappa shape index (κ1) is 18.6. The smallest absolute Gasteiger partial charge is 0.347 e. The highest BCUT2D eigenvalue weighted by Gasteiger charge is 2.17. The maximum atomic E-state index is 12.6. The Morgan fingerprint density at radius 3 is 2.26 bits per heavy atom. The van der Waals surface area contributed by atoms with E-state index in [1.165, 1.54) is 7.11 Å². The Labute approximate surface area is 156 Å². The molecule has 142 valence electrons. The van der Waals surface area contributed by atoms with Crippen molar-refractivity contribution in [1.29, 1.82) is 0 Å². The second-order valence-electron chi connectivity index (χ2n) is 5.55. The molecule has 7 nitrogen and oxygen atoms in total. The number of ether oxygens (including phenoxy) is 4. The van der Waals surface area contributed by atoms with Crippen LogP contribution in [0.1, 0.15) is 13.8 Å². The lowest BCUT2D eigenvalue weighted by atomic mass is 10.1. The lowest BCUT2D eigenvalue weighted by Crippen LogP contribution is -2.06. The van der Waals surface area contributed by atoms with Gasteiger partial charge in [-0.25, -0.2) is 9.78 Å². The van der Waals surface area contributed by atoms with Crippen molar-refractivity contribution < 1.29 is 23.4 Å². The number of hydrogen-bond donors (Lipinski definition) is 0. The minimum Gasteiger partial charge on any atom is -0.497 e. The van der Waals surface area contributed by atoms with E-state index in [1.807, 2.05) is 13.8 Å². The van der Waals surface area contributed by atoms with Crippen LogP contribution in [0.3, 0.4) is 0 Å². The molecule has 7 heteroatoms. The first-order valence-corrected chi connectivity index (χ1v) is 8.58. The van der Waals surface area contributed by atoms with Gasteiger partial charge in [0.1, 0.15) is 11.5 Å². The van der Waals surface area contributed by atoms with Gasteiger partial charge in [-0.15, -0.1) is 0 Å². The second-order valence-corrected chi connectivity index (χ2v) is 5.55. The molecule has 0 spiro atoms. The van der Waals surface area contributed by atoms with Gasteiger partial charge in [0, 0.05) is 18.2 Å². The topological polar surface area (TPSA) is 80.0 Å². The fourth-order valence-corrected chi connectivity index (χ4v) is 2.71. The van der Waals surface area contributed by atoms with Crippen LogP contribution in [-0.4, -0.2) is 32.4 Å². The zero-order valence-corrected chi connectivity index (χ0v) is 15.7. The van der Waals surface area contributed by atoms with E-state index in [1.54, 1.807) is 37.4 Å². The lowest BCUT2D eigenvalue weighted by molar-refractivity contribution is 0.288. The third-order valence-electron chi connectivity index (χ3n) is 3.93. The molecule has 0 radical (unpaired) electrons. The molecule has 0 fully saturated rings. The van der Waals surface area contributed by atoms with Gasteiger partial charge in [-0.05, 0) is 26.0 Å². The average molecular weight is 371 g/mol. The monoisotopic (exact) mass is 371 g/mol. The van der Waals surface area contributed by atoms with Gasteiger partial charge in [-0.3, -0.25) is 0 Å². The summed E-state index contributed by atoms with van der Waals surface area (Å²) in [5.41, 5.74) is 0.479. The third-order valence-corrected chi connectivity index (χ3v) is 3.93. The molecule has 3 aromatic rings. The van der Waals surface area contributed by atoms with Crippen molar-refractivity contribution in [1.82, 2.24) is 4.98 Å². The molecular formula is C20H21NO6. The number of aromatic nitrogens is 1. The molecule has 0 bridgehead atoms. The molecule has 3 rings (SSSR count). The zero-order valence-electron chi connectivity index (χ0n) is 15.7. The Kier molecular flexibility index (Phi) is 5.49. The fourth-order valence-electron chi connectivity index (χ4n) is 2.71. The van der Waals surface area contributed by atoms with E-state index in [4.69, 9.17) is 23.4 Å². The van der Waals surface area contributed by atoms with Gasteiger partial charge in [0.15, 0.2) is 11.5 Å². The van der Waals surface area contributed by atoms with Crippen LogP contribution in [0.2, 0.25) is 0 Å². The summed E-state index contributed by atoms with van der Waals surface area (Å²) < 4.78 is 27.2. The number of methoxy groups -OCH3 is 2. The average Bonchev–Trinajstić information content (AvgIpc) is 2.68. The Hall–Kier alpha value is -3.22. The lowest BCUT2D eigenvalue weighted by Gasteiger charge is -2.12. The Morgan fingerprint density at radius 2 is 1.63 bits per heavy atom. The molecule has 0 unspecified atom stereocenters. The van der Waals surface area contributed by atoms with E-state index >= 15 is 0 Å². The molecule has 2 aromatic carbocycles. The van der Waals surface area contributed by atoms with Gasteiger partial charge < -0.3 is 23.4 Å². The van der Waals surface area contributed by atoms with Crippen LogP contribution in [0.5, 0.6) is 23.0 Å². The van der Waals surface area contributed by atoms with Gasteiger partial charge >= 0.3 is 5.63 Å². The second kappa shape index (κ2) is 7.99. The number of nitrogens with zero attached hydrogens (tertiary/aromatic N) is 1. The summed E-state index contributed by atoms with van der Waals surface area (Å²) >= 11 is 0. The molecule has 0 aliphatic rings. The number of hydrogen-bond acceptors (Lipinski definition) is 7. The highest BCUT2D eigenvalue weighted by atomic mass is 16.5. The first-order chi connectivity index (χ1) is 13.1. The van der Waals surface area contributed by atoms with Crippen molar-refractivity contribution in [3.63, 3.8) is 0 Å².